The van der Waals surface area contributed by atoms with Crippen molar-refractivity contribution in [1.82, 2.24) is 15.0 Å². The average Bonchev–Trinajstić information content (AvgIpc) is 2.46. The van der Waals surface area contributed by atoms with Gasteiger partial charge in [-0.15, -0.1) is 0 Å². The fraction of sp³-hybridized carbons (Fsp3) is 0.769. The Bertz CT molecular complexity index is 396. The highest BCUT2D eigenvalue weighted by Crippen LogP contribution is 2.14. The lowest BCUT2D eigenvalue weighted by Gasteiger charge is -2.20. The Labute approximate surface area is 126 Å². The lowest BCUT2D eigenvalue weighted by Crippen LogP contribution is -2.26. The summed E-state index contributed by atoms with van der Waals surface area (Å²) in [6.07, 6.45) is 3.20. The molecular weight excluding hydrogens is 272 g/mol. The van der Waals surface area contributed by atoms with Crippen molar-refractivity contribution in [2.75, 3.05) is 47.7 Å². The van der Waals surface area contributed by atoms with Gasteiger partial charge in [0, 0.05) is 26.2 Å². The molecule has 2 N–H and O–H groups in total. The second kappa shape index (κ2) is 8.84. The van der Waals surface area contributed by atoms with Crippen molar-refractivity contribution >= 4 is 29.6 Å². The molecule has 114 valence electrons. The van der Waals surface area contributed by atoms with Crippen LogP contribution in [0.1, 0.15) is 27.2 Å². The van der Waals surface area contributed by atoms with Crippen LogP contribution in [0.2, 0.25) is 0 Å². The normalized spacial score (nSPS) is 12.1. The molecule has 20 heavy (non-hydrogen) atoms. The summed E-state index contributed by atoms with van der Waals surface area (Å²) in [4.78, 5) is 15.4. The molecule has 0 aliphatic carbocycles. The Morgan fingerprint density at radius 3 is 2.35 bits per heavy atom. The molecule has 1 aromatic heterocycles. The van der Waals surface area contributed by atoms with Crippen LogP contribution in [0, 0.1) is 0 Å². The van der Waals surface area contributed by atoms with E-state index in [0.29, 0.717) is 23.9 Å². The minimum Gasteiger partial charge on any atom is -0.357 e. The first-order valence-corrected chi connectivity index (χ1v) is 8.48. The molecule has 0 fully saturated rings. The van der Waals surface area contributed by atoms with Crippen LogP contribution in [-0.2, 0) is 0 Å². The van der Waals surface area contributed by atoms with E-state index in [1.165, 1.54) is 0 Å². The molecule has 1 heterocycles. The maximum absolute atomic E-state index is 4.52. The van der Waals surface area contributed by atoms with Gasteiger partial charge in [-0.25, -0.2) is 0 Å². The van der Waals surface area contributed by atoms with Gasteiger partial charge < -0.3 is 15.5 Å². The largest absolute Gasteiger partial charge is 0.357 e. The van der Waals surface area contributed by atoms with E-state index in [-0.39, 0.29) is 0 Å². The van der Waals surface area contributed by atoms with E-state index >= 15 is 0 Å². The summed E-state index contributed by atoms with van der Waals surface area (Å²) < 4.78 is 0. The number of nitrogens with one attached hydrogen (secondary N) is 2. The number of aromatic nitrogens is 3. The molecule has 1 unspecified atom stereocenters. The summed E-state index contributed by atoms with van der Waals surface area (Å²) in [5.74, 6) is 3.08. The highest BCUT2D eigenvalue weighted by Gasteiger charge is 2.12. The van der Waals surface area contributed by atoms with E-state index in [0.717, 1.165) is 25.3 Å². The number of hydrogen-bond acceptors (Lipinski definition) is 7. The summed E-state index contributed by atoms with van der Waals surface area (Å²) >= 11 is 1.85. The maximum Gasteiger partial charge on any atom is 0.231 e. The molecule has 0 saturated carbocycles. The quantitative estimate of drug-likeness (QED) is 0.725. The summed E-state index contributed by atoms with van der Waals surface area (Å²) in [7, 11) is 1.82. The van der Waals surface area contributed by atoms with Gasteiger partial charge in [0.25, 0.3) is 0 Å². The van der Waals surface area contributed by atoms with Crippen molar-refractivity contribution < 1.29 is 0 Å². The first-order chi connectivity index (χ1) is 9.64. The van der Waals surface area contributed by atoms with Gasteiger partial charge >= 0.3 is 0 Å². The molecule has 0 aromatic carbocycles. The SMILES string of the molecule is CCN(CC)c1nc(NC)nc(NC(C)CCSC)n1. The van der Waals surface area contributed by atoms with Crippen molar-refractivity contribution in [3.05, 3.63) is 0 Å². The Hall–Kier alpha value is -1.24. The fourth-order valence-electron chi connectivity index (χ4n) is 1.78. The van der Waals surface area contributed by atoms with Crippen LogP contribution in [0.25, 0.3) is 0 Å². The molecule has 0 bridgehead atoms. The minimum atomic E-state index is 0.346. The van der Waals surface area contributed by atoms with Crippen molar-refractivity contribution in [1.29, 1.82) is 0 Å². The third-order valence-corrected chi connectivity index (χ3v) is 3.67. The van der Waals surface area contributed by atoms with Gasteiger partial charge in [-0.05, 0) is 39.2 Å². The molecule has 1 atom stereocenters. The number of rotatable bonds is 9. The molecule has 0 aliphatic rings. The highest BCUT2D eigenvalue weighted by molar-refractivity contribution is 7.98. The lowest BCUT2D eigenvalue weighted by atomic mass is 10.3. The molecule has 0 amide bonds. The second-order valence-electron chi connectivity index (χ2n) is 4.53. The maximum atomic E-state index is 4.52. The molecule has 1 rings (SSSR count). The summed E-state index contributed by atoms with van der Waals surface area (Å²) in [5, 5.41) is 6.35. The van der Waals surface area contributed by atoms with E-state index in [1.807, 2.05) is 18.8 Å². The molecule has 0 spiro atoms. The number of anilines is 3. The van der Waals surface area contributed by atoms with Crippen molar-refractivity contribution in [3.8, 4) is 0 Å². The standard InChI is InChI=1S/C13H26N6S/c1-6-19(7-2)13-17-11(14-4)16-12(18-13)15-10(3)8-9-20-5/h10H,6-9H2,1-5H3,(H2,14,15,16,17,18). The van der Waals surface area contributed by atoms with Gasteiger partial charge in [0.1, 0.15) is 0 Å². The first kappa shape index (κ1) is 16.8. The third kappa shape index (κ3) is 5.03. The summed E-state index contributed by atoms with van der Waals surface area (Å²) in [6, 6.07) is 0.346. The molecular formula is C13H26N6S. The number of nitrogens with zero attached hydrogens (tertiary/aromatic N) is 4. The molecule has 7 heteroatoms. The van der Waals surface area contributed by atoms with Crippen LogP contribution in [-0.4, -0.2) is 53.1 Å². The van der Waals surface area contributed by atoms with Crippen molar-refractivity contribution in [2.45, 2.75) is 33.2 Å². The molecule has 0 aliphatic heterocycles. The second-order valence-corrected chi connectivity index (χ2v) is 5.52. The topological polar surface area (TPSA) is 66.0 Å². The molecule has 1 aromatic rings. The van der Waals surface area contributed by atoms with Gasteiger partial charge in [0.2, 0.25) is 17.8 Å². The predicted molar refractivity (Wildman–Crippen MR) is 89.0 cm³/mol. The number of hydrogen-bond donors (Lipinski definition) is 2. The third-order valence-electron chi connectivity index (χ3n) is 3.02. The zero-order chi connectivity index (χ0) is 15.0. The van der Waals surface area contributed by atoms with Crippen LogP contribution < -0.4 is 15.5 Å². The van der Waals surface area contributed by atoms with E-state index in [4.69, 9.17) is 0 Å². The Balaban J connectivity index is 2.87. The van der Waals surface area contributed by atoms with Crippen LogP contribution in [0.15, 0.2) is 0 Å². The zero-order valence-electron chi connectivity index (χ0n) is 13.1. The monoisotopic (exact) mass is 298 g/mol. The van der Waals surface area contributed by atoms with E-state index < -0.39 is 0 Å². The number of thioether (sulfide) groups is 1. The van der Waals surface area contributed by atoms with Gasteiger partial charge in [0.15, 0.2) is 0 Å². The fourth-order valence-corrected chi connectivity index (χ4v) is 2.37. The first-order valence-electron chi connectivity index (χ1n) is 7.08. The van der Waals surface area contributed by atoms with Crippen LogP contribution in [0.4, 0.5) is 17.8 Å². The lowest BCUT2D eigenvalue weighted by molar-refractivity contribution is 0.752. The molecule has 6 nitrogen and oxygen atoms in total. The zero-order valence-corrected chi connectivity index (χ0v) is 13.9. The van der Waals surface area contributed by atoms with Crippen LogP contribution in [0.5, 0.6) is 0 Å². The Kier molecular flexibility index (Phi) is 7.43. The van der Waals surface area contributed by atoms with Gasteiger partial charge in [-0.3, -0.25) is 0 Å². The average molecular weight is 298 g/mol. The Morgan fingerprint density at radius 1 is 1.15 bits per heavy atom. The van der Waals surface area contributed by atoms with Gasteiger partial charge in [-0.1, -0.05) is 0 Å². The smallest absolute Gasteiger partial charge is 0.231 e. The van der Waals surface area contributed by atoms with Gasteiger partial charge in [0.05, 0.1) is 0 Å². The Morgan fingerprint density at radius 2 is 1.80 bits per heavy atom. The van der Waals surface area contributed by atoms with Crippen LogP contribution in [0.3, 0.4) is 0 Å². The van der Waals surface area contributed by atoms with Crippen LogP contribution >= 0.6 is 11.8 Å². The van der Waals surface area contributed by atoms with Gasteiger partial charge in [-0.2, -0.15) is 26.7 Å². The summed E-state index contributed by atoms with van der Waals surface area (Å²) in [5.41, 5.74) is 0. The predicted octanol–water partition coefficient (Wildman–Crippen LogP) is 2.31. The minimum absolute atomic E-state index is 0.346. The van der Waals surface area contributed by atoms with Crippen molar-refractivity contribution in [3.63, 3.8) is 0 Å². The van der Waals surface area contributed by atoms with E-state index in [2.05, 4.69) is 57.5 Å². The van der Waals surface area contributed by atoms with E-state index in [9.17, 15) is 0 Å². The van der Waals surface area contributed by atoms with E-state index in [1.54, 1.807) is 0 Å². The summed E-state index contributed by atoms with van der Waals surface area (Å²) in [6.45, 7) is 8.10. The molecule has 0 radical (unpaired) electrons. The highest BCUT2D eigenvalue weighted by atomic mass is 32.2. The van der Waals surface area contributed by atoms with Crippen molar-refractivity contribution in [2.24, 2.45) is 0 Å². The molecule has 0 saturated heterocycles.